The maximum absolute atomic E-state index is 12.6. The third kappa shape index (κ3) is 7.68. The number of methoxy groups -OCH3 is 2. The molecule has 0 aliphatic carbocycles. The molecule has 0 spiro atoms. The van der Waals surface area contributed by atoms with Gasteiger partial charge >= 0.3 is 11.9 Å². The minimum atomic E-state index is -0.289. The van der Waals surface area contributed by atoms with Gasteiger partial charge in [-0.05, 0) is 159 Å². The molecule has 4 N–H and O–H groups in total. The van der Waals surface area contributed by atoms with Gasteiger partial charge in [-0.25, -0.2) is 9.98 Å². The highest BCUT2D eigenvalue weighted by Gasteiger charge is 2.33. The molecule has 0 saturated heterocycles. The molecule has 0 aromatic carbocycles. The molecule has 10 heteroatoms. The average Bonchev–Trinajstić information content (AvgIpc) is 4.05. The second-order valence-corrected chi connectivity index (χ2v) is 15.4. The number of hydrogen-bond acceptors (Lipinski definition) is 6. The molecular weight excluding hydrogens is 725 g/mol. The Balaban J connectivity index is 1.50. The van der Waals surface area contributed by atoms with E-state index in [1.165, 1.54) is 58.7 Å². The molecule has 2 aliphatic rings. The number of carbonyl (C=O) groups excluding carboxylic acids is 2. The molecule has 4 aromatic heterocycles. The first-order valence-electron chi connectivity index (χ1n) is 20.7. The highest BCUT2D eigenvalue weighted by molar-refractivity contribution is 6.55. The Morgan fingerprint density at radius 1 is 0.569 bits per heavy atom. The minimum Gasteiger partial charge on any atom is -0.469 e. The number of aliphatic imine (C=N–C) groups is 2. The number of rotatable bonds is 15. The van der Waals surface area contributed by atoms with Gasteiger partial charge in [-0.1, -0.05) is 27.7 Å². The smallest absolute Gasteiger partial charge is 0.305 e. The standard InChI is InChI=1S/C48H60N6O4/c1-13-31-23-49-43(25(31)5)45-29(9)33(15-3)39(53-45)21-37-27(7)35(17-19-41(55)57-11)47(51-37)48-36(18-20-42(56)58-12)28(8)38(52-48)22-40-34(16-4)30(10)46(54-40)44-26(6)32(14-2)24-50-44/h21-24,49-50,53-54H,13-20H2,1-12H3/b37-21-,38-22-. The average molecular weight is 785 g/mol. The molecule has 306 valence electrons. The third-order valence-electron chi connectivity index (χ3n) is 12.4. The van der Waals surface area contributed by atoms with Crippen LogP contribution < -0.4 is 0 Å². The van der Waals surface area contributed by atoms with Gasteiger partial charge in [0.05, 0.1) is 59.8 Å². The summed E-state index contributed by atoms with van der Waals surface area (Å²) in [4.78, 5) is 50.4. The number of carbonyl (C=O) groups is 2. The number of aromatic nitrogens is 4. The summed E-state index contributed by atoms with van der Waals surface area (Å²) in [7, 11) is 2.83. The van der Waals surface area contributed by atoms with Gasteiger partial charge in [0.15, 0.2) is 0 Å². The zero-order chi connectivity index (χ0) is 42.0. The molecule has 58 heavy (non-hydrogen) atoms. The van der Waals surface area contributed by atoms with Crippen molar-refractivity contribution < 1.29 is 19.1 Å². The molecule has 6 heterocycles. The summed E-state index contributed by atoms with van der Waals surface area (Å²) in [5.74, 6) is -0.578. The Hall–Kier alpha value is -5.64. The lowest BCUT2D eigenvalue weighted by atomic mass is 9.91. The van der Waals surface area contributed by atoms with Crippen LogP contribution >= 0.6 is 0 Å². The van der Waals surface area contributed by atoms with Gasteiger partial charge in [-0.2, -0.15) is 0 Å². The van der Waals surface area contributed by atoms with Crippen LogP contribution in [0.2, 0.25) is 0 Å². The van der Waals surface area contributed by atoms with Crippen LogP contribution in [0.15, 0.2) is 56.1 Å². The van der Waals surface area contributed by atoms with Crippen molar-refractivity contribution in [3.05, 3.63) is 102 Å². The number of esters is 2. The Bertz CT molecular complexity index is 2290. The van der Waals surface area contributed by atoms with Crippen molar-refractivity contribution in [2.45, 2.75) is 121 Å². The fourth-order valence-corrected chi connectivity index (χ4v) is 8.72. The zero-order valence-corrected chi connectivity index (χ0v) is 36.5. The maximum atomic E-state index is 12.6. The first-order valence-corrected chi connectivity index (χ1v) is 20.7. The SMILES string of the molecule is CCc1c[nH]c(-c2[nH]c(/C=C3\N=C(C4=N/C(=C\c5[nH]c(-c6[nH]cc(CC)c6C)c(C)c5CC)C(C)=C4CCC(=O)OC)C(CCC(=O)OC)=C3C)c(CC)c2C)c1C. The number of allylic oxidation sites excluding steroid dienone is 4. The van der Waals surface area contributed by atoms with E-state index in [1.54, 1.807) is 0 Å². The number of aromatic amines is 4. The van der Waals surface area contributed by atoms with Gasteiger partial charge in [0.25, 0.3) is 0 Å². The molecule has 0 saturated carbocycles. The molecule has 4 aromatic rings. The zero-order valence-electron chi connectivity index (χ0n) is 36.5. The van der Waals surface area contributed by atoms with Crippen LogP contribution in [0.25, 0.3) is 34.9 Å². The predicted octanol–water partition coefficient (Wildman–Crippen LogP) is 10.6. The van der Waals surface area contributed by atoms with E-state index in [0.29, 0.717) is 12.8 Å². The Morgan fingerprint density at radius 2 is 0.948 bits per heavy atom. The number of nitrogens with zero attached hydrogens (tertiary/aromatic N) is 2. The summed E-state index contributed by atoms with van der Waals surface area (Å²) >= 11 is 0. The van der Waals surface area contributed by atoms with E-state index in [1.807, 2.05) is 0 Å². The highest BCUT2D eigenvalue weighted by atomic mass is 16.5. The predicted molar refractivity (Wildman–Crippen MR) is 236 cm³/mol. The summed E-state index contributed by atoms with van der Waals surface area (Å²) in [6.45, 7) is 21.5. The van der Waals surface area contributed by atoms with E-state index in [0.717, 1.165) is 105 Å². The van der Waals surface area contributed by atoms with E-state index in [9.17, 15) is 9.59 Å². The van der Waals surface area contributed by atoms with Crippen LogP contribution in [-0.4, -0.2) is 57.5 Å². The highest BCUT2D eigenvalue weighted by Crippen LogP contribution is 2.40. The number of H-pyrrole nitrogens is 4. The van der Waals surface area contributed by atoms with Crippen molar-refractivity contribution in [1.29, 1.82) is 0 Å². The van der Waals surface area contributed by atoms with Crippen molar-refractivity contribution in [2.24, 2.45) is 9.98 Å². The van der Waals surface area contributed by atoms with Crippen molar-refractivity contribution >= 4 is 35.5 Å². The topological polar surface area (TPSA) is 140 Å². The van der Waals surface area contributed by atoms with Gasteiger partial charge < -0.3 is 29.4 Å². The summed E-state index contributed by atoms with van der Waals surface area (Å²) in [6.07, 6.45) is 13.4. The van der Waals surface area contributed by atoms with Gasteiger partial charge in [-0.3, -0.25) is 9.59 Å². The van der Waals surface area contributed by atoms with E-state index in [-0.39, 0.29) is 24.8 Å². The second-order valence-electron chi connectivity index (χ2n) is 15.4. The number of hydrogen-bond donors (Lipinski definition) is 4. The lowest BCUT2D eigenvalue weighted by Gasteiger charge is -2.11. The summed E-state index contributed by atoms with van der Waals surface area (Å²) < 4.78 is 10.2. The lowest BCUT2D eigenvalue weighted by Crippen LogP contribution is -2.18. The molecular formula is C48H60N6O4. The van der Waals surface area contributed by atoms with E-state index in [2.05, 4.69) is 114 Å². The fourth-order valence-electron chi connectivity index (χ4n) is 8.72. The quantitative estimate of drug-likeness (QED) is 0.0891. The lowest BCUT2D eigenvalue weighted by molar-refractivity contribution is -0.141. The summed E-state index contributed by atoms with van der Waals surface area (Å²) in [5.41, 5.74) is 23.3. The molecule has 6 rings (SSSR count). The summed E-state index contributed by atoms with van der Waals surface area (Å²) in [5, 5.41) is 0. The fraction of sp³-hybridized carbons (Fsp3) is 0.417. The third-order valence-corrected chi connectivity index (χ3v) is 12.4. The Morgan fingerprint density at radius 3 is 1.26 bits per heavy atom. The summed E-state index contributed by atoms with van der Waals surface area (Å²) in [6, 6.07) is 0. The largest absolute Gasteiger partial charge is 0.469 e. The van der Waals surface area contributed by atoms with Gasteiger partial charge in [0, 0.05) is 36.6 Å². The van der Waals surface area contributed by atoms with Crippen LogP contribution in [-0.2, 0) is 44.7 Å². The van der Waals surface area contributed by atoms with Crippen LogP contribution in [0.5, 0.6) is 0 Å². The van der Waals surface area contributed by atoms with Crippen molar-refractivity contribution in [1.82, 2.24) is 19.9 Å². The van der Waals surface area contributed by atoms with Crippen molar-refractivity contribution in [2.75, 3.05) is 14.2 Å². The number of nitrogens with one attached hydrogen (secondary N) is 4. The maximum Gasteiger partial charge on any atom is 0.305 e. The van der Waals surface area contributed by atoms with Crippen molar-refractivity contribution in [3.63, 3.8) is 0 Å². The molecule has 0 fully saturated rings. The van der Waals surface area contributed by atoms with Crippen LogP contribution in [0, 0.1) is 27.7 Å². The van der Waals surface area contributed by atoms with Crippen molar-refractivity contribution in [3.8, 4) is 22.8 Å². The van der Waals surface area contributed by atoms with Gasteiger partial charge in [0.1, 0.15) is 0 Å². The first kappa shape index (κ1) is 42.0. The molecule has 0 radical (unpaired) electrons. The van der Waals surface area contributed by atoms with Gasteiger partial charge in [0.2, 0.25) is 0 Å². The molecule has 2 aliphatic heterocycles. The minimum absolute atomic E-state index is 0.200. The molecule has 0 amide bonds. The van der Waals surface area contributed by atoms with E-state index < -0.39 is 0 Å². The van der Waals surface area contributed by atoms with Gasteiger partial charge in [-0.15, -0.1) is 0 Å². The second kappa shape index (κ2) is 17.5. The first-order chi connectivity index (χ1) is 27.8. The molecule has 0 unspecified atom stereocenters. The van der Waals surface area contributed by atoms with E-state index in [4.69, 9.17) is 19.5 Å². The Kier molecular flexibility index (Phi) is 12.6. The Labute approximate surface area is 343 Å². The normalized spacial score (nSPS) is 15.7. The number of ether oxygens (including phenoxy) is 2. The van der Waals surface area contributed by atoms with E-state index >= 15 is 0 Å². The number of aryl methyl sites for hydroxylation is 2. The van der Waals surface area contributed by atoms with Crippen LogP contribution in [0.1, 0.15) is 123 Å². The van der Waals surface area contributed by atoms with Crippen LogP contribution in [0.4, 0.5) is 0 Å². The molecule has 0 atom stereocenters. The molecule has 10 nitrogen and oxygen atoms in total. The molecule has 0 bridgehead atoms. The van der Waals surface area contributed by atoms with Crippen LogP contribution in [0.3, 0.4) is 0 Å². The monoisotopic (exact) mass is 784 g/mol.